The minimum Gasteiger partial charge on any atom is -0.497 e. The first kappa shape index (κ1) is 17.3. The van der Waals surface area contributed by atoms with Gasteiger partial charge in [-0.15, -0.1) is 0 Å². The van der Waals surface area contributed by atoms with E-state index >= 15 is 0 Å². The van der Waals surface area contributed by atoms with Gasteiger partial charge in [0.25, 0.3) is 5.91 Å². The lowest BCUT2D eigenvalue weighted by molar-refractivity contribution is -0.896. The molecular formula is C16H27N2O3+. The molecule has 0 heterocycles. The van der Waals surface area contributed by atoms with Crippen LogP contribution in [0.4, 0.5) is 0 Å². The molecule has 0 unspecified atom stereocenters. The number of amides is 1. The number of hydrogen-bond acceptors (Lipinski definition) is 3. The highest BCUT2D eigenvalue weighted by molar-refractivity contribution is 5.77. The van der Waals surface area contributed by atoms with Crippen molar-refractivity contribution in [2.75, 3.05) is 39.9 Å². The minimum absolute atomic E-state index is 0.0461. The van der Waals surface area contributed by atoms with Crippen molar-refractivity contribution < 1.29 is 19.2 Å². The molecule has 0 radical (unpaired) electrons. The van der Waals surface area contributed by atoms with Gasteiger partial charge in [-0.2, -0.15) is 0 Å². The van der Waals surface area contributed by atoms with E-state index < -0.39 is 0 Å². The Morgan fingerprint density at radius 2 is 1.76 bits per heavy atom. The van der Waals surface area contributed by atoms with Crippen molar-refractivity contribution in [3.05, 3.63) is 24.3 Å². The van der Waals surface area contributed by atoms with Gasteiger partial charge < -0.3 is 19.7 Å². The van der Waals surface area contributed by atoms with Crippen LogP contribution in [0.25, 0.3) is 0 Å². The van der Waals surface area contributed by atoms with Crippen LogP contribution in [0.3, 0.4) is 0 Å². The molecule has 0 aliphatic rings. The zero-order valence-electron chi connectivity index (χ0n) is 13.3. The lowest BCUT2D eigenvalue weighted by atomic mass is 10.3. The highest BCUT2D eigenvalue weighted by atomic mass is 16.5. The fraction of sp³-hybridized carbons (Fsp3) is 0.562. The van der Waals surface area contributed by atoms with Crippen LogP contribution in [0.15, 0.2) is 24.3 Å². The zero-order valence-corrected chi connectivity index (χ0v) is 13.3. The summed E-state index contributed by atoms with van der Waals surface area (Å²) in [5.74, 6) is 1.35. The zero-order chi connectivity index (χ0) is 15.5. The third kappa shape index (κ3) is 6.99. The standard InChI is InChI=1S/C16H26N2O3/c1-4-18(5-2)12-6-11-17-16(19)13-21-15-9-7-14(20-3)8-10-15/h7-10H,4-6,11-13H2,1-3H3,(H,17,19)/p+1. The number of benzene rings is 1. The van der Waals surface area contributed by atoms with Crippen molar-refractivity contribution in [1.82, 2.24) is 5.32 Å². The van der Waals surface area contributed by atoms with Gasteiger partial charge in [-0.1, -0.05) is 0 Å². The van der Waals surface area contributed by atoms with Gasteiger partial charge in [0, 0.05) is 13.0 Å². The number of hydrogen-bond donors (Lipinski definition) is 2. The number of methoxy groups -OCH3 is 1. The maximum Gasteiger partial charge on any atom is 0.257 e. The van der Waals surface area contributed by atoms with E-state index in [2.05, 4.69) is 19.2 Å². The largest absolute Gasteiger partial charge is 0.497 e. The third-order valence-electron chi connectivity index (χ3n) is 3.46. The lowest BCUT2D eigenvalue weighted by Gasteiger charge is -2.15. The van der Waals surface area contributed by atoms with Crippen molar-refractivity contribution in [1.29, 1.82) is 0 Å². The summed E-state index contributed by atoms with van der Waals surface area (Å²) in [6.07, 6.45) is 0.991. The van der Waals surface area contributed by atoms with Crippen molar-refractivity contribution in [3.8, 4) is 11.5 Å². The second-order valence-corrected chi connectivity index (χ2v) is 4.87. The molecule has 0 saturated carbocycles. The van der Waals surface area contributed by atoms with Crippen LogP contribution in [0.5, 0.6) is 11.5 Å². The summed E-state index contributed by atoms with van der Waals surface area (Å²) in [5, 5.41) is 2.88. The van der Waals surface area contributed by atoms with Crippen LogP contribution < -0.4 is 19.7 Å². The number of carbonyl (C=O) groups is 1. The Labute approximate surface area is 127 Å². The second kappa shape index (κ2) is 10.0. The number of rotatable bonds is 10. The van der Waals surface area contributed by atoms with Gasteiger partial charge in [0.1, 0.15) is 11.5 Å². The van der Waals surface area contributed by atoms with Crippen molar-refractivity contribution in [3.63, 3.8) is 0 Å². The maximum atomic E-state index is 11.7. The van der Waals surface area contributed by atoms with Gasteiger partial charge in [0.15, 0.2) is 6.61 Å². The average Bonchev–Trinajstić information content (AvgIpc) is 2.53. The number of carbonyl (C=O) groups excluding carboxylic acids is 1. The smallest absolute Gasteiger partial charge is 0.257 e. The summed E-state index contributed by atoms with van der Waals surface area (Å²) in [7, 11) is 1.61. The summed E-state index contributed by atoms with van der Waals surface area (Å²) in [6.45, 7) is 8.46. The quantitative estimate of drug-likeness (QED) is 0.618. The SMILES string of the molecule is CC[NH+](CC)CCCNC(=O)COc1ccc(OC)cc1. The lowest BCUT2D eigenvalue weighted by Crippen LogP contribution is -3.11. The normalized spacial score (nSPS) is 10.5. The summed E-state index contributed by atoms with van der Waals surface area (Å²) in [6, 6.07) is 7.19. The Kier molecular flexibility index (Phi) is 8.28. The summed E-state index contributed by atoms with van der Waals surface area (Å²) < 4.78 is 10.5. The van der Waals surface area contributed by atoms with Gasteiger partial charge in [0.2, 0.25) is 0 Å². The summed E-state index contributed by atoms with van der Waals surface area (Å²) >= 11 is 0. The highest BCUT2D eigenvalue weighted by Crippen LogP contribution is 2.16. The molecule has 5 nitrogen and oxygen atoms in total. The molecule has 1 amide bonds. The predicted molar refractivity (Wildman–Crippen MR) is 83.0 cm³/mol. The molecule has 0 aliphatic heterocycles. The Bertz CT molecular complexity index is 402. The highest BCUT2D eigenvalue weighted by Gasteiger charge is 2.05. The van der Waals surface area contributed by atoms with Gasteiger partial charge in [-0.25, -0.2) is 0 Å². The first-order valence-corrected chi connectivity index (χ1v) is 7.56. The van der Waals surface area contributed by atoms with Crippen LogP contribution in [0.1, 0.15) is 20.3 Å². The fourth-order valence-corrected chi connectivity index (χ4v) is 2.04. The van der Waals surface area contributed by atoms with E-state index in [9.17, 15) is 4.79 Å². The van der Waals surface area contributed by atoms with E-state index in [4.69, 9.17) is 9.47 Å². The average molecular weight is 295 g/mol. The van der Waals surface area contributed by atoms with Crippen LogP contribution in [0.2, 0.25) is 0 Å². The Morgan fingerprint density at radius 3 is 2.33 bits per heavy atom. The topological polar surface area (TPSA) is 52.0 Å². The molecular weight excluding hydrogens is 268 g/mol. The van der Waals surface area contributed by atoms with E-state index in [0.29, 0.717) is 12.3 Å². The molecule has 118 valence electrons. The number of ether oxygens (including phenoxy) is 2. The van der Waals surface area contributed by atoms with E-state index in [-0.39, 0.29) is 12.5 Å². The van der Waals surface area contributed by atoms with Gasteiger partial charge in [0.05, 0.1) is 26.7 Å². The molecule has 21 heavy (non-hydrogen) atoms. The first-order chi connectivity index (χ1) is 10.2. The minimum atomic E-state index is -0.0830. The van der Waals surface area contributed by atoms with Gasteiger partial charge >= 0.3 is 0 Å². The number of nitrogens with one attached hydrogen (secondary N) is 2. The van der Waals surface area contributed by atoms with Crippen molar-refractivity contribution in [2.45, 2.75) is 20.3 Å². The summed E-state index contributed by atoms with van der Waals surface area (Å²) in [4.78, 5) is 13.2. The molecule has 0 spiro atoms. The Hall–Kier alpha value is -1.75. The molecule has 0 aliphatic carbocycles. The first-order valence-electron chi connectivity index (χ1n) is 7.56. The van der Waals surface area contributed by atoms with Gasteiger partial charge in [-0.3, -0.25) is 4.79 Å². The summed E-state index contributed by atoms with van der Waals surface area (Å²) in [5.41, 5.74) is 0. The fourth-order valence-electron chi connectivity index (χ4n) is 2.04. The molecule has 0 bridgehead atoms. The van der Waals surface area contributed by atoms with E-state index in [1.54, 1.807) is 36.3 Å². The second-order valence-electron chi connectivity index (χ2n) is 4.87. The molecule has 1 aromatic rings. The molecule has 0 fully saturated rings. The van der Waals surface area contributed by atoms with E-state index in [0.717, 1.165) is 31.8 Å². The van der Waals surface area contributed by atoms with Crippen LogP contribution in [0, 0.1) is 0 Å². The molecule has 5 heteroatoms. The Morgan fingerprint density at radius 1 is 1.14 bits per heavy atom. The third-order valence-corrected chi connectivity index (χ3v) is 3.46. The van der Waals surface area contributed by atoms with Gasteiger partial charge in [-0.05, 0) is 38.1 Å². The molecule has 0 atom stereocenters. The van der Waals surface area contributed by atoms with E-state index in [1.165, 1.54) is 0 Å². The van der Waals surface area contributed by atoms with E-state index in [1.807, 2.05) is 0 Å². The van der Waals surface area contributed by atoms with Crippen molar-refractivity contribution >= 4 is 5.91 Å². The predicted octanol–water partition coefficient (Wildman–Crippen LogP) is 0.505. The molecule has 1 aromatic carbocycles. The molecule has 1 rings (SSSR count). The molecule has 0 aromatic heterocycles. The molecule has 2 N–H and O–H groups in total. The van der Waals surface area contributed by atoms with Crippen LogP contribution in [-0.4, -0.2) is 45.8 Å². The Balaban J connectivity index is 2.15. The monoisotopic (exact) mass is 295 g/mol. The molecule has 0 saturated heterocycles. The van der Waals surface area contributed by atoms with Crippen molar-refractivity contribution in [2.24, 2.45) is 0 Å². The maximum absolute atomic E-state index is 11.7. The van der Waals surface area contributed by atoms with Crippen LogP contribution in [-0.2, 0) is 4.79 Å². The number of quaternary nitrogens is 1. The van der Waals surface area contributed by atoms with Crippen LogP contribution >= 0.6 is 0 Å².